The van der Waals surface area contributed by atoms with Crippen LogP contribution in [-0.4, -0.2) is 52.2 Å². The van der Waals surface area contributed by atoms with Crippen LogP contribution in [0.2, 0.25) is 0 Å². The number of carbonyl (C=O) groups is 3. The molecular formula is C33H26F3N3O5S2. The van der Waals surface area contributed by atoms with Crippen molar-refractivity contribution < 1.29 is 36.8 Å². The minimum atomic E-state index is -5.27. The number of aromatic nitrogens is 2. The number of aryl methyl sites for hydroxylation is 1. The molecule has 3 aromatic heterocycles. The van der Waals surface area contributed by atoms with Crippen molar-refractivity contribution in [1.29, 1.82) is 0 Å². The summed E-state index contributed by atoms with van der Waals surface area (Å²) >= 11 is 3.18. The van der Waals surface area contributed by atoms with Crippen molar-refractivity contribution in [3.05, 3.63) is 92.6 Å². The number of alkyl halides is 3. The van der Waals surface area contributed by atoms with Gasteiger partial charge in [-0.3, -0.25) is 4.79 Å². The molecule has 6 rings (SSSR count). The number of hydrogen-bond acceptors (Lipinski definition) is 9. The largest absolute Gasteiger partial charge is 0.491 e. The molecule has 0 spiro atoms. The zero-order valence-electron chi connectivity index (χ0n) is 24.4. The molecule has 0 N–H and O–H groups in total. The molecule has 0 saturated carbocycles. The van der Waals surface area contributed by atoms with Gasteiger partial charge in [-0.05, 0) is 60.5 Å². The van der Waals surface area contributed by atoms with Crippen LogP contribution < -0.4 is 0 Å². The van der Waals surface area contributed by atoms with Crippen molar-refractivity contribution in [2.24, 2.45) is 0 Å². The fourth-order valence-corrected chi connectivity index (χ4v) is 7.03. The summed E-state index contributed by atoms with van der Waals surface area (Å²) in [5, 5.41) is 9.31. The van der Waals surface area contributed by atoms with Gasteiger partial charge in [-0.25, -0.2) is 14.6 Å². The van der Waals surface area contributed by atoms with Gasteiger partial charge in [0, 0.05) is 34.8 Å². The number of likely N-dealkylation sites (tertiary alicyclic amines) is 1. The molecule has 1 aliphatic rings. The maximum absolute atomic E-state index is 12.7. The van der Waals surface area contributed by atoms with Gasteiger partial charge in [-0.1, -0.05) is 41.6 Å². The van der Waals surface area contributed by atoms with Crippen LogP contribution >= 0.6 is 22.7 Å². The van der Waals surface area contributed by atoms with E-state index in [1.54, 1.807) is 34.8 Å². The summed E-state index contributed by atoms with van der Waals surface area (Å²) in [6.07, 6.45) is -3.14. The predicted octanol–water partition coefficient (Wildman–Crippen LogP) is 7.70. The van der Waals surface area contributed by atoms with Gasteiger partial charge in [0.05, 0.1) is 28.2 Å². The van der Waals surface area contributed by atoms with Crippen molar-refractivity contribution in [2.45, 2.75) is 38.3 Å². The van der Waals surface area contributed by atoms with E-state index in [1.165, 1.54) is 12.1 Å². The average Bonchev–Trinajstić information content (AvgIpc) is 3.82. The number of esters is 2. The van der Waals surface area contributed by atoms with Gasteiger partial charge in [0.15, 0.2) is 0 Å². The molecule has 0 bridgehead atoms. The van der Waals surface area contributed by atoms with E-state index >= 15 is 0 Å². The number of nitrogens with zero attached hydrogens (tertiary/aromatic N) is 3. The van der Waals surface area contributed by atoms with Gasteiger partial charge >= 0.3 is 18.1 Å². The predicted molar refractivity (Wildman–Crippen MR) is 166 cm³/mol. The van der Waals surface area contributed by atoms with Crippen molar-refractivity contribution in [3.8, 4) is 33.6 Å². The first-order valence-corrected chi connectivity index (χ1v) is 16.1. The normalized spacial score (nSPS) is 14.0. The second-order valence-electron chi connectivity index (χ2n) is 10.8. The summed E-state index contributed by atoms with van der Waals surface area (Å²) in [7, 11) is 0. The lowest BCUT2D eigenvalue weighted by Gasteiger charge is -2.31. The van der Waals surface area contributed by atoms with Gasteiger partial charge in [-0.15, -0.1) is 22.7 Å². The highest BCUT2D eigenvalue weighted by molar-refractivity contribution is 7.10. The van der Waals surface area contributed by atoms with Crippen LogP contribution in [0, 0.1) is 6.92 Å². The number of halogens is 3. The van der Waals surface area contributed by atoms with Gasteiger partial charge in [0.25, 0.3) is 0 Å². The van der Waals surface area contributed by atoms with Crippen LogP contribution in [0.5, 0.6) is 0 Å². The van der Waals surface area contributed by atoms with E-state index in [9.17, 15) is 27.6 Å². The lowest BCUT2D eigenvalue weighted by Crippen LogP contribution is -2.38. The molecule has 8 nitrogen and oxygen atoms in total. The summed E-state index contributed by atoms with van der Waals surface area (Å²) in [6.45, 7) is 3.22. The zero-order chi connectivity index (χ0) is 32.4. The number of piperidine rings is 1. The molecule has 0 unspecified atom stereocenters. The Morgan fingerprint density at radius 1 is 0.978 bits per heavy atom. The molecule has 2 aromatic carbocycles. The van der Waals surface area contributed by atoms with Crippen molar-refractivity contribution >= 4 is 40.5 Å². The number of ether oxygens (including phenoxy) is 1. The molecule has 0 atom stereocenters. The van der Waals surface area contributed by atoms with E-state index in [-0.39, 0.29) is 17.4 Å². The van der Waals surface area contributed by atoms with Crippen molar-refractivity contribution in [3.63, 3.8) is 0 Å². The number of amides is 1. The third-order valence-electron chi connectivity index (χ3n) is 7.75. The van der Waals surface area contributed by atoms with Crippen LogP contribution in [0.1, 0.15) is 44.8 Å². The molecule has 4 heterocycles. The zero-order valence-corrected chi connectivity index (χ0v) is 26.0. The monoisotopic (exact) mass is 665 g/mol. The second-order valence-corrected chi connectivity index (χ2v) is 12.7. The molecule has 1 fully saturated rings. The minimum Gasteiger partial charge on any atom is -0.383 e. The van der Waals surface area contributed by atoms with Gasteiger partial charge in [-0.2, -0.15) is 13.2 Å². The van der Waals surface area contributed by atoms with Crippen LogP contribution in [0.4, 0.5) is 13.2 Å². The summed E-state index contributed by atoms with van der Waals surface area (Å²) in [5.74, 6) is -2.93. The summed E-state index contributed by atoms with van der Waals surface area (Å²) < 4.78 is 46.8. The lowest BCUT2D eigenvalue weighted by atomic mass is 9.97. The third kappa shape index (κ3) is 6.80. The maximum Gasteiger partial charge on any atom is 0.491 e. The maximum atomic E-state index is 12.7. The fourth-order valence-electron chi connectivity index (χ4n) is 5.36. The average molecular weight is 666 g/mol. The summed E-state index contributed by atoms with van der Waals surface area (Å²) in [5.41, 5.74) is 4.14. The minimum absolute atomic E-state index is 0.156. The standard InChI is InChI=1S/C33H26F3N3O5S2/c1-19-28(26-18-46-30(37-26)21-11-13-39(14-12-21)27(40)17-25-6-3-15-45-25)29(38-44-19)24-5-2-4-23(16-24)20-7-9-22(10-8-20)31(41)43-32(42)33(34,35)36/h2-10,15-16,18,21H,11-14,17H2,1H3. The fraction of sp³-hybridized carbons (Fsp3) is 0.242. The van der Waals surface area contributed by atoms with Crippen molar-refractivity contribution in [1.82, 2.24) is 15.0 Å². The highest BCUT2D eigenvalue weighted by Gasteiger charge is 2.42. The molecule has 0 aliphatic carbocycles. The van der Waals surface area contributed by atoms with Crippen molar-refractivity contribution in [2.75, 3.05) is 13.1 Å². The lowest BCUT2D eigenvalue weighted by molar-refractivity contribution is -0.193. The van der Waals surface area contributed by atoms with Crippen LogP contribution in [0.15, 0.2) is 75.9 Å². The van der Waals surface area contributed by atoms with Gasteiger partial charge in [0.2, 0.25) is 5.91 Å². The Morgan fingerprint density at radius 3 is 2.41 bits per heavy atom. The molecule has 1 aliphatic heterocycles. The first kappa shape index (κ1) is 31.4. The molecule has 1 saturated heterocycles. The molecule has 0 radical (unpaired) electrons. The number of benzene rings is 2. The summed E-state index contributed by atoms with van der Waals surface area (Å²) in [4.78, 5) is 43.7. The molecule has 13 heteroatoms. The highest BCUT2D eigenvalue weighted by Crippen LogP contribution is 2.39. The van der Waals surface area contributed by atoms with Crippen LogP contribution in [-0.2, 0) is 20.7 Å². The molecular weight excluding hydrogens is 640 g/mol. The van der Waals surface area contributed by atoms with E-state index < -0.39 is 18.1 Å². The second kappa shape index (κ2) is 13.0. The van der Waals surface area contributed by atoms with Crippen LogP contribution in [0.25, 0.3) is 33.6 Å². The highest BCUT2D eigenvalue weighted by atomic mass is 32.1. The number of rotatable bonds is 7. The van der Waals surface area contributed by atoms with Gasteiger partial charge in [0.1, 0.15) is 11.5 Å². The molecule has 5 aromatic rings. The molecule has 1 amide bonds. The first-order chi connectivity index (χ1) is 22.1. The Bertz CT molecular complexity index is 1870. The Kier molecular flexibility index (Phi) is 8.87. The number of hydrogen-bond donors (Lipinski definition) is 0. The number of thiazole rings is 1. The quantitative estimate of drug-likeness (QED) is 0.130. The smallest absolute Gasteiger partial charge is 0.383 e. The third-order valence-corrected chi connectivity index (χ3v) is 9.63. The Morgan fingerprint density at radius 2 is 1.72 bits per heavy atom. The summed E-state index contributed by atoms with van der Waals surface area (Å²) in [6, 6.07) is 17.1. The van der Waals surface area contributed by atoms with E-state index in [1.807, 2.05) is 59.0 Å². The Labute approximate surface area is 269 Å². The van der Waals surface area contributed by atoms with E-state index in [4.69, 9.17) is 9.51 Å². The SMILES string of the molecule is Cc1onc(-c2cccc(-c3ccc(C(=O)OC(=O)C(F)(F)F)cc3)c2)c1-c1csc(C2CCN(C(=O)Cc3cccs3)CC2)n1. The topological polar surface area (TPSA) is 103 Å². The van der Waals surface area contributed by atoms with E-state index in [2.05, 4.69) is 9.89 Å². The molecule has 236 valence electrons. The van der Waals surface area contributed by atoms with E-state index in [0.717, 1.165) is 45.1 Å². The molecule has 46 heavy (non-hydrogen) atoms. The van der Waals surface area contributed by atoms with E-state index in [0.29, 0.717) is 36.5 Å². The Hall–Kier alpha value is -4.62. The first-order valence-electron chi connectivity index (χ1n) is 14.3. The Balaban J connectivity index is 1.15. The number of thiophene rings is 1. The van der Waals surface area contributed by atoms with Gasteiger partial charge < -0.3 is 14.2 Å². The van der Waals surface area contributed by atoms with Crippen LogP contribution in [0.3, 0.4) is 0 Å². The number of carbonyl (C=O) groups excluding carboxylic acids is 3.